The monoisotopic (exact) mass is 384 g/mol. The number of nitrogens with zero attached hydrogens (tertiary/aromatic N) is 1. The Morgan fingerprint density at radius 3 is 2.29 bits per heavy atom. The SMILES string of the molecule is O=C(NNC(=O)c1cc(-c2ccc(Br)cc2)n[nH]1)c1ccccc1. The Hall–Kier alpha value is -2.93. The first-order valence-electron chi connectivity index (χ1n) is 7.10. The Labute approximate surface area is 146 Å². The number of amides is 2. The number of halogens is 1. The number of benzene rings is 2. The topological polar surface area (TPSA) is 86.9 Å². The summed E-state index contributed by atoms with van der Waals surface area (Å²) in [6.45, 7) is 0. The second-order valence-corrected chi connectivity index (χ2v) is 5.86. The van der Waals surface area contributed by atoms with Crippen molar-refractivity contribution in [2.24, 2.45) is 0 Å². The molecule has 0 aliphatic heterocycles. The minimum atomic E-state index is -0.477. The second kappa shape index (κ2) is 7.10. The number of hydrogen-bond acceptors (Lipinski definition) is 3. The van der Waals surface area contributed by atoms with Crippen molar-refractivity contribution in [3.05, 3.63) is 76.4 Å². The van der Waals surface area contributed by atoms with Crippen LogP contribution < -0.4 is 10.9 Å². The maximum atomic E-state index is 12.1. The average Bonchev–Trinajstić information content (AvgIpc) is 3.11. The van der Waals surface area contributed by atoms with Crippen molar-refractivity contribution in [3.8, 4) is 11.3 Å². The number of aromatic amines is 1. The summed E-state index contributed by atoms with van der Waals surface area (Å²) in [5.74, 6) is -0.869. The van der Waals surface area contributed by atoms with E-state index in [0.717, 1.165) is 10.0 Å². The fourth-order valence-corrected chi connectivity index (χ4v) is 2.31. The lowest BCUT2D eigenvalue weighted by Gasteiger charge is -2.05. The molecule has 1 aromatic heterocycles. The minimum absolute atomic E-state index is 0.251. The zero-order chi connectivity index (χ0) is 16.9. The number of H-pyrrole nitrogens is 1. The van der Waals surface area contributed by atoms with E-state index >= 15 is 0 Å². The lowest BCUT2D eigenvalue weighted by Crippen LogP contribution is -2.41. The maximum Gasteiger partial charge on any atom is 0.287 e. The first-order valence-corrected chi connectivity index (χ1v) is 7.90. The van der Waals surface area contributed by atoms with E-state index in [0.29, 0.717) is 11.3 Å². The van der Waals surface area contributed by atoms with Gasteiger partial charge in [0.25, 0.3) is 11.8 Å². The molecule has 3 rings (SSSR count). The summed E-state index contributed by atoms with van der Waals surface area (Å²) in [7, 11) is 0. The molecule has 3 N–H and O–H groups in total. The smallest absolute Gasteiger partial charge is 0.272 e. The highest BCUT2D eigenvalue weighted by Crippen LogP contribution is 2.20. The zero-order valence-electron chi connectivity index (χ0n) is 12.4. The summed E-state index contributed by atoms with van der Waals surface area (Å²) in [6.07, 6.45) is 0. The van der Waals surface area contributed by atoms with Gasteiger partial charge in [0, 0.05) is 15.6 Å². The van der Waals surface area contributed by atoms with Crippen LogP contribution in [0.2, 0.25) is 0 Å². The molecule has 6 nitrogen and oxygen atoms in total. The van der Waals surface area contributed by atoms with Crippen molar-refractivity contribution in [3.63, 3.8) is 0 Å². The number of carbonyl (C=O) groups is 2. The summed E-state index contributed by atoms with van der Waals surface area (Å²) in [4.78, 5) is 24.0. The summed E-state index contributed by atoms with van der Waals surface area (Å²) >= 11 is 3.37. The number of hydrazine groups is 1. The Balaban J connectivity index is 1.64. The molecular weight excluding hydrogens is 372 g/mol. The number of nitrogens with one attached hydrogen (secondary N) is 3. The van der Waals surface area contributed by atoms with Crippen molar-refractivity contribution in [1.29, 1.82) is 0 Å². The van der Waals surface area contributed by atoms with Crippen molar-refractivity contribution in [1.82, 2.24) is 21.0 Å². The molecule has 0 aliphatic carbocycles. The van der Waals surface area contributed by atoms with Gasteiger partial charge in [-0.15, -0.1) is 0 Å². The van der Waals surface area contributed by atoms with Crippen molar-refractivity contribution in [2.45, 2.75) is 0 Å². The van der Waals surface area contributed by atoms with Crippen LogP contribution in [-0.2, 0) is 0 Å². The van der Waals surface area contributed by atoms with Crippen LogP contribution >= 0.6 is 15.9 Å². The molecule has 24 heavy (non-hydrogen) atoms. The van der Waals surface area contributed by atoms with Crippen LogP contribution in [0.3, 0.4) is 0 Å². The second-order valence-electron chi connectivity index (χ2n) is 4.95. The van der Waals surface area contributed by atoms with Crippen LogP contribution in [0.15, 0.2) is 65.1 Å². The van der Waals surface area contributed by atoms with Crippen LogP contribution in [-0.4, -0.2) is 22.0 Å². The van der Waals surface area contributed by atoms with E-state index in [2.05, 4.69) is 37.0 Å². The summed E-state index contributed by atoms with van der Waals surface area (Å²) in [5, 5.41) is 6.77. The highest BCUT2D eigenvalue weighted by Gasteiger charge is 2.12. The lowest BCUT2D eigenvalue weighted by atomic mass is 10.1. The molecule has 0 aliphatic rings. The predicted octanol–water partition coefficient (Wildman–Crippen LogP) is 2.91. The van der Waals surface area contributed by atoms with E-state index in [1.165, 1.54) is 0 Å². The molecule has 3 aromatic rings. The van der Waals surface area contributed by atoms with E-state index < -0.39 is 11.8 Å². The molecule has 0 saturated carbocycles. The number of aromatic nitrogens is 2. The Bertz CT molecular complexity index is 860. The van der Waals surface area contributed by atoms with Crippen LogP contribution in [0.5, 0.6) is 0 Å². The van der Waals surface area contributed by atoms with Crippen molar-refractivity contribution >= 4 is 27.7 Å². The molecule has 0 bridgehead atoms. The van der Waals surface area contributed by atoms with Gasteiger partial charge >= 0.3 is 0 Å². The van der Waals surface area contributed by atoms with Gasteiger partial charge in [-0.25, -0.2) is 0 Å². The summed E-state index contributed by atoms with van der Waals surface area (Å²) in [5.41, 5.74) is 6.94. The van der Waals surface area contributed by atoms with E-state index in [1.54, 1.807) is 30.3 Å². The molecule has 120 valence electrons. The van der Waals surface area contributed by atoms with Gasteiger partial charge in [-0.3, -0.25) is 25.5 Å². The minimum Gasteiger partial charge on any atom is -0.272 e. The molecule has 0 atom stereocenters. The molecule has 0 unspecified atom stereocenters. The molecule has 2 aromatic carbocycles. The van der Waals surface area contributed by atoms with Gasteiger partial charge in [-0.2, -0.15) is 5.10 Å². The van der Waals surface area contributed by atoms with Crippen LogP contribution in [0.25, 0.3) is 11.3 Å². The third-order valence-electron chi connectivity index (χ3n) is 3.29. The quantitative estimate of drug-likeness (QED) is 0.606. The normalized spacial score (nSPS) is 10.2. The molecule has 0 saturated heterocycles. The van der Waals surface area contributed by atoms with Gasteiger partial charge in [-0.05, 0) is 30.3 Å². The van der Waals surface area contributed by atoms with Crippen LogP contribution in [0.4, 0.5) is 0 Å². The third kappa shape index (κ3) is 3.69. The first-order chi connectivity index (χ1) is 11.6. The molecule has 1 heterocycles. The molecule has 0 fully saturated rings. The van der Waals surface area contributed by atoms with Gasteiger partial charge in [0.2, 0.25) is 0 Å². The lowest BCUT2D eigenvalue weighted by molar-refractivity contribution is 0.0844. The first kappa shape index (κ1) is 15.9. The largest absolute Gasteiger partial charge is 0.287 e. The number of rotatable bonds is 3. The van der Waals surface area contributed by atoms with Crippen molar-refractivity contribution in [2.75, 3.05) is 0 Å². The highest BCUT2D eigenvalue weighted by atomic mass is 79.9. The highest BCUT2D eigenvalue weighted by molar-refractivity contribution is 9.10. The van der Waals surface area contributed by atoms with E-state index in [4.69, 9.17) is 0 Å². The maximum absolute atomic E-state index is 12.1. The van der Waals surface area contributed by atoms with Gasteiger partial charge in [0.15, 0.2) is 0 Å². The standard InChI is InChI=1S/C17H13BrN4O2/c18-13-8-6-11(7-9-13)14-10-15(20-19-14)17(24)22-21-16(23)12-4-2-1-3-5-12/h1-10H,(H,19,20)(H,21,23)(H,22,24). The van der Waals surface area contributed by atoms with Gasteiger partial charge in [-0.1, -0.05) is 46.3 Å². The number of carbonyl (C=O) groups excluding carboxylic acids is 2. The molecule has 0 radical (unpaired) electrons. The van der Waals surface area contributed by atoms with E-state index in [9.17, 15) is 9.59 Å². The summed E-state index contributed by atoms with van der Waals surface area (Å²) in [6, 6.07) is 17.8. The fourth-order valence-electron chi connectivity index (χ4n) is 2.05. The van der Waals surface area contributed by atoms with E-state index in [1.807, 2.05) is 30.3 Å². The van der Waals surface area contributed by atoms with Gasteiger partial charge in [0.05, 0.1) is 5.69 Å². The Morgan fingerprint density at radius 1 is 0.917 bits per heavy atom. The van der Waals surface area contributed by atoms with Crippen molar-refractivity contribution < 1.29 is 9.59 Å². The zero-order valence-corrected chi connectivity index (χ0v) is 14.0. The average molecular weight is 385 g/mol. The third-order valence-corrected chi connectivity index (χ3v) is 3.82. The Morgan fingerprint density at radius 2 is 1.58 bits per heavy atom. The van der Waals surface area contributed by atoms with E-state index in [-0.39, 0.29) is 5.69 Å². The summed E-state index contributed by atoms with van der Waals surface area (Å²) < 4.78 is 0.961. The van der Waals surface area contributed by atoms with Gasteiger partial charge in [0.1, 0.15) is 5.69 Å². The number of hydrogen-bond donors (Lipinski definition) is 3. The Kier molecular flexibility index (Phi) is 4.72. The molecule has 2 amide bonds. The van der Waals surface area contributed by atoms with Crippen LogP contribution in [0.1, 0.15) is 20.8 Å². The predicted molar refractivity (Wildman–Crippen MR) is 93.1 cm³/mol. The fraction of sp³-hybridized carbons (Fsp3) is 0. The van der Waals surface area contributed by atoms with Crippen LogP contribution in [0, 0.1) is 0 Å². The molecular formula is C17H13BrN4O2. The molecule has 7 heteroatoms. The molecule has 0 spiro atoms. The van der Waals surface area contributed by atoms with Gasteiger partial charge < -0.3 is 0 Å².